The van der Waals surface area contributed by atoms with Crippen molar-refractivity contribution in [2.75, 3.05) is 32.0 Å². The molecule has 2 amide bonds. The molecule has 0 bridgehead atoms. The smallest absolute Gasteiger partial charge is 0.273 e. The molecule has 1 fully saturated rings. The van der Waals surface area contributed by atoms with E-state index in [0.717, 1.165) is 25.9 Å². The van der Waals surface area contributed by atoms with Gasteiger partial charge in [0.15, 0.2) is 0 Å². The van der Waals surface area contributed by atoms with Crippen LogP contribution >= 0.6 is 23.2 Å². The number of hydrogen-bond donors (Lipinski definition) is 3. The minimum absolute atomic E-state index is 0.00147. The Balaban J connectivity index is 1.85. The Kier molecular flexibility index (Phi) is 8.09. The van der Waals surface area contributed by atoms with E-state index in [1.807, 2.05) is 13.8 Å². The number of carbonyl (C=O) groups is 2. The van der Waals surface area contributed by atoms with Crippen LogP contribution in [-0.4, -0.2) is 54.5 Å². The molecule has 0 spiro atoms. The first kappa shape index (κ1) is 24.4. The average molecular weight is 481 g/mol. The van der Waals surface area contributed by atoms with E-state index in [4.69, 9.17) is 27.9 Å². The largest absolute Gasteiger partial charge is 0.488 e. The van der Waals surface area contributed by atoms with Crippen molar-refractivity contribution in [3.8, 4) is 5.75 Å². The van der Waals surface area contributed by atoms with Gasteiger partial charge in [-0.25, -0.2) is 0 Å². The molecule has 1 aromatic carbocycles. The summed E-state index contributed by atoms with van der Waals surface area (Å²) >= 11 is 12.3. The summed E-state index contributed by atoms with van der Waals surface area (Å²) in [5.74, 6) is 0.179. The van der Waals surface area contributed by atoms with E-state index in [2.05, 4.69) is 27.6 Å². The van der Waals surface area contributed by atoms with Gasteiger partial charge in [0.05, 0.1) is 15.7 Å². The van der Waals surface area contributed by atoms with Crippen LogP contribution in [0, 0.1) is 12.8 Å². The van der Waals surface area contributed by atoms with E-state index in [0.29, 0.717) is 40.2 Å². The van der Waals surface area contributed by atoms with Crippen LogP contribution in [0.4, 0.5) is 5.69 Å². The van der Waals surface area contributed by atoms with Crippen molar-refractivity contribution in [2.24, 2.45) is 5.92 Å². The van der Waals surface area contributed by atoms with Crippen LogP contribution in [0.15, 0.2) is 18.2 Å². The topological polar surface area (TPSA) is 86.5 Å². The minimum atomic E-state index is -0.435. The number of benzene rings is 1. The fourth-order valence-electron chi connectivity index (χ4n) is 3.46. The lowest BCUT2D eigenvalue weighted by atomic mass is 10.1. The number of halogens is 2. The summed E-state index contributed by atoms with van der Waals surface area (Å²) in [7, 11) is 2.08. The Bertz CT molecular complexity index is 982. The van der Waals surface area contributed by atoms with E-state index in [1.54, 1.807) is 25.1 Å². The number of aromatic amines is 1. The summed E-state index contributed by atoms with van der Waals surface area (Å²) in [6, 6.07) is 5.03. The van der Waals surface area contributed by atoms with E-state index in [1.165, 1.54) is 0 Å². The molecule has 0 unspecified atom stereocenters. The second kappa shape index (κ2) is 10.6. The van der Waals surface area contributed by atoms with Crippen LogP contribution in [-0.2, 0) is 0 Å². The van der Waals surface area contributed by atoms with Gasteiger partial charge in [0.25, 0.3) is 11.8 Å². The van der Waals surface area contributed by atoms with E-state index >= 15 is 0 Å². The highest BCUT2D eigenvalue weighted by Crippen LogP contribution is 2.32. The number of ether oxygens (including phenoxy) is 1. The van der Waals surface area contributed by atoms with Crippen LogP contribution in [0.5, 0.6) is 5.75 Å². The van der Waals surface area contributed by atoms with Crippen molar-refractivity contribution in [2.45, 2.75) is 39.7 Å². The maximum Gasteiger partial charge on any atom is 0.273 e. The van der Waals surface area contributed by atoms with Gasteiger partial charge in [0.1, 0.15) is 17.5 Å². The first-order valence-corrected chi connectivity index (χ1v) is 11.5. The summed E-state index contributed by atoms with van der Waals surface area (Å²) < 4.78 is 6.26. The Morgan fingerprint density at radius 3 is 2.47 bits per heavy atom. The molecule has 174 valence electrons. The normalized spacial score (nSPS) is 15.1. The van der Waals surface area contributed by atoms with Crippen LogP contribution in [0.3, 0.4) is 0 Å². The molecule has 1 saturated heterocycles. The van der Waals surface area contributed by atoms with Crippen molar-refractivity contribution in [3.05, 3.63) is 45.2 Å². The quantitative estimate of drug-likeness (QED) is 0.533. The first-order chi connectivity index (χ1) is 15.2. The zero-order chi connectivity index (χ0) is 23.4. The van der Waals surface area contributed by atoms with Crippen LogP contribution in [0.2, 0.25) is 10.0 Å². The molecule has 2 heterocycles. The predicted octanol–water partition coefficient (Wildman–Crippen LogP) is 4.74. The Labute approximate surface area is 198 Å². The van der Waals surface area contributed by atoms with Gasteiger partial charge in [-0.15, -0.1) is 0 Å². The number of amides is 2. The molecule has 2 aromatic rings. The standard InChI is InChI=1S/C23H30Cl2N4O3/c1-13(2)12-26-22(30)15-5-6-17(18(11-15)32-16-7-9-29(4)10-8-16)28-23(31)21-20(25)19(24)14(3)27-21/h5-6,11,13,16,27H,7-10,12H2,1-4H3,(H,26,30)(H,28,31). The molecule has 0 aliphatic carbocycles. The van der Waals surface area contributed by atoms with Gasteiger partial charge < -0.3 is 25.3 Å². The molecule has 3 N–H and O–H groups in total. The first-order valence-electron chi connectivity index (χ1n) is 10.8. The maximum atomic E-state index is 12.9. The predicted molar refractivity (Wildman–Crippen MR) is 128 cm³/mol. The van der Waals surface area contributed by atoms with Crippen molar-refractivity contribution >= 4 is 40.7 Å². The molecule has 1 aliphatic heterocycles. The molecule has 7 nitrogen and oxygen atoms in total. The number of rotatable bonds is 7. The number of aryl methyl sites for hydroxylation is 1. The maximum absolute atomic E-state index is 12.9. The fourth-order valence-corrected chi connectivity index (χ4v) is 3.87. The highest BCUT2D eigenvalue weighted by Gasteiger charge is 2.23. The molecule has 9 heteroatoms. The third-order valence-electron chi connectivity index (χ3n) is 5.40. The molecule has 0 saturated carbocycles. The van der Waals surface area contributed by atoms with E-state index in [-0.39, 0.29) is 22.7 Å². The van der Waals surface area contributed by atoms with Crippen molar-refractivity contribution in [1.82, 2.24) is 15.2 Å². The lowest BCUT2D eigenvalue weighted by Crippen LogP contribution is -2.35. The summed E-state index contributed by atoms with van der Waals surface area (Å²) in [6.07, 6.45) is 1.73. The van der Waals surface area contributed by atoms with Gasteiger partial charge in [-0.05, 0) is 50.9 Å². The van der Waals surface area contributed by atoms with Gasteiger partial charge in [-0.1, -0.05) is 37.0 Å². The van der Waals surface area contributed by atoms with Gasteiger partial charge >= 0.3 is 0 Å². The zero-order valence-corrected chi connectivity index (χ0v) is 20.4. The van der Waals surface area contributed by atoms with Crippen LogP contribution < -0.4 is 15.4 Å². The van der Waals surface area contributed by atoms with Crippen LogP contribution in [0.25, 0.3) is 0 Å². The number of carbonyl (C=O) groups excluding carboxylic acids is 2. The highest BCUT2D eigenvalue weighted by molar-refractivity contribution is 6.44. The summed E-state index contributed by atoms with van der Waals surface area (Å²) in [6.45, 7) is 8.24. The summed E-state index contributed by atoms with van der Waals surface area (Å²) in [5.41, 5.74) is 1.73. The number of H-pyrrole nitrogens is 1. The summed E-state index contributed by atoms with van der Waals surface area (Å²) in [5, 5.41) is 6.24. The average Bonchev–Trinajstić information content (AvgIpc) is 3.02. The molecular formula is C23H30Cl2N4O3. The Hall–Kier alpha value is -2.22. The zero-order valence-electron chi connectivity index (χ0n) is 18.9. The molecular weight excluding hydrogens is 451 g/mol. The number of aromatic nitrogens is 1. The van der Waals surface area contributed by atoms with Gasteiger partial charge in [0.2, 0.25) is 0 Å². The third-order valence-corrected chi connectivity index (χ3v) is 6.35. The van der Waals surface area contributed by atoms with Gasteiger partial charge in [0, 0.05) is 30.9 Å². The van der Waals surface area contributed by atoms with Crippen molar-refractivity contribution in [1.29, 1.82) is 0 Å². The number of nitrogens with one attached hydrogen (secondary N) is 3. The number of hydrogen-bond acceptors (Lipinski definition) is 4. The lowest BCUT2D eigenvalue weighted by Gasteiger charge is -2.30. The summed E-state index contributed by atoms with van der Waals surface area (Å²) in [4.78, 5) is 30.6. The Morgan fingerprint density at radius 1 is 1.19 bits per heavy atom. The number of likely N-dealkylation sites (tertiary alicyclic amines) is 1. The SMILES string of the molecule is Cc1[nH]c(C(=O)Nc2ccc(C(=O)NCC(C)C)cc2OC2CCN(C)CC2)c(Cl)c1Cl. The second-order valence-corrected chi connectivity index (χ2v) is 9.40. The Morgan fingerprint density at radius 2 is 1.88 bits per heavy atom. The fraction of sp³-hybridized carbons (Fsp3) is 0.478. The van der Waals surface area contributed by atoms with E-state index < -0.39 is 5.91 Å². The molecule has 1 aromatic heterocycles. The highest BCUT2D eigenvalue weighted by atomic mass is 35.5. The molecule has 32 heavy (non-hydrogen) atoms. The minimum Gasteiger partial charge on any atom is -0.488 e. The molecule has 0 atom stereocenters. The third kappa shape index (κ3) is 5.97. The van der Waals surface area contributed by atoms with Gasteiger partial charge in [-0.2, -0.15) is 0 Å². The van der Waals surface area contributed by atoms with E-state index in [9.17, 15) is 9.59 Å². The van der Waals surface area contributed by atoms with Crippen LogP contribution in [0.1, 0.15) is 53.2 Å². The van der Waals surface area contributed by atoms with Crippen molar-refractivity contribution in [3.63, 3.8) is 0 Å². The molecule has 1 aliphatic rings. The van der Waals surface area contributed by atoms with Crippen molar-refractivity contribution < 1.29 is 14.3 Å². The number of anilines is 1. The van der Waals surface area contributed by atoms with Gasteiger partial charge in [-0.3, -0.25) is 9.59 Å². The molecule has 3 rings (SSSR count). The second-order valence-electron chi connectivity index (χ2n) is 8.64. The lowest BCUT2D eigenvalue weighted by molar-refractivity contribution is 0.0946. The number of nitrogens with zero attached hydrogens (tertiary/aromatic N) is 1. The monoisotopic (exact) mass is 480 g/mol. The number of piperidine rings is 1. The molecule has 0 radical (unpaired) electrons.